The van der Waals surface area contributed by atoms with E-state index in [9.17, 15) is 4.79 Å². The Labute approximate surface area is 116 Å². The number of fused-ring (bicyclic) bond motifs is 1. The van der Waals surface area contributed by atoms with Crippen LogP contribution in [0, 0.1) is 0 Å². The van der Waals surface area contributed by atoms with E-state index >= 15 is 0 Å². The molecule has 19 heavy (non-hydrogen) atoms. The van der Waals surface area contributed by atoms with E-state index in [1.807, 2.05) is 38.1 Å². The zero-order valence-corrected chi connectivity index (χ0v) is 12.1. The first-order chi connectivity index (χ1) is 9.26. The van der Waals surface area contributed by atoms with Crippen molar-refractivity contribution in [2.24, 2.45) is 4.99 Å². The fourth-order valence-corrected chi connectivity index (χ4v) is 2.88. The van der Waals surface area contributed by atoms with Gasteiger partial charge in [0.25, 0.3) is 0 Å². The van der Waals surface area contributed by atoms with Crippen LogP contribution in [0.25, 0.3) is 10.2 Å². The van der Waals surface area contributed by atoms with E-state index in [1.54, 1.807) is 11.3 Å². The quantitative estimate of drug-likeness (QED) is 0.789. The summed E-state index contributed by atoms with van der Waals surface area (Å²) in [5.74, 6) is -0.0864. The molecule has 0 saturated heterocycles. The molecule has 0 aliphatic carbocycles. The van der Waals surface area contributed by atoms with Crippen molar-refractivity contribution in [2.75, 3.05) is 13.2 Å². The van der Waals surface area contributed by atoms with Crippen LogP contribution in [0.4, 0.5) is 0 Å². The third kappa shape index (κ3) is 3.30. The predicted octanol–water partition coefficient (Wildman–Crippen LogP) is 2.58. The predicted molar refractivity (Wildman–Crippen MR) is 77.2 cm³/mol. The number of hydrogen-bond donors (Lipinski definition) is 0. The van der Waals surface area contributed by atoms with E-state index in [0.29, 0.717) is 26.2 Å². The average Bonchev–Trinajstić information content (AvgIpc) is 2.77. The summed E-state index contributed by atoms with van der Waals surface area (Å²) in [6.45, 7) is 5.84. The normalized spacial score (nSPS) is 12.2. The molecule has 0 spiro atoms. The van der Waals surface area contributed by atoms with Crippen LogP contribution in [0.1, 0.15) is 20.3 Å². The molecule has 1 aromatic carbocycles. The summed E-state index contributed by atoms with van der Waals surface area (Å²) in [6, 6.07) is 8.09. The second-order valence-electron chi connectivity index (χ2n) is 4.06. The standard InChI is InChI=1S/C14H18N2O2S/c1-3-13(17)15-14-16(9-10-18-4-2)11-7-5-6-8-12(11)19-14/h5-8H,3-4,9-10H2,1-2H3. The van der Waals surface area contributed by atoms with Gasteiger partial charge in [-0.3, -0.25) is 4.79 Å². The maximum atomic E-state index is 11.5. The Bertz CT molecular complexity index is 628. The monoisotopic (exact) mass is 278 g/mol. The molecule has 0 atom stereocenters. The van der Waals surface area contributed by atoms with Crippen LogP contribution in [0.3, 0.4) is 0 Å². The zero-order valence-electron chi connectivity index (χ0n) is 11.3. The van der Waals surface area contributed by atoms with E-state index in [0.717, 1.165) is 15.0 Å². The minimum atomic E-state index is -0.0864. The van der Waals surface area contributed by atoms with Gasteiger partial charge in [0.1, 0.15) is 0 Å². The van der Waals surface area contributed by atoms with Crippen molar-refractivity contribution in [3.05, 3.63) is 29.1 Å². The van der Waals surface area contributed by atoms with E-state index in [4.69, 9.17) is 4.74 Å². The molecule has 102 valence electrons. The largest absolute Gasteiger partial charge is 0.380 e. The van der Waals surface area contributed by atoms with E-state index < -0.39 is 0 Å². The summed E-state index contributed by atoms with van der Waals surface area (Å²) in [4.78, 5) is 16.5. The van der Waals surface area contributed by atoms with Crippen molar-refractivity contribution >= 4 is 27.5 Å². The highest BCUT2D eigenvalue weighted by Gasteiger charge is 2.06. The number of rotatable bonds is 5. The van der Waals surface area contributed by atoms with E-state index in [-0.39, 0.29) is 5.91 Å². The summed E-state index contributed by atoms with van der Waals surface area (Å²) < 4.78 is 8.60. The number of para-hydroxylation sites is 1. The van der Waals surface area contributed by atoms with Crippen LogP contribution in [0.15, 0.2) is 29.3 Å². The van der Waals surface area contributed by atoms with Crippen LogP contribution < -0.4 is 4.80 Å². The van der Waals surface area contributed by atoms with Gasteiger partial charge in [-0.1, -0.05) is 30.4 Å². The van der Waals surface area contributed by atoms with Crippen LogP contribution in [0.5, 0.6) is 0 Å². The summed E-state index contributed by atoms with van der Waals surface area (Å²) in [7, 11) is 0. The lowest BCUT2D eigenvalue weighted by molar-refractivity contribution is -0.117. The van der Waals surface area contributed by atoms with Gasteiger partial charge in [0.05, 0.1) is 16.8 Å². The first kappa shape index (κ1) is 14.0. The molecule has 0 radical (unpaired) electrons. The van der Waals surface area contributed by atoms with Crippen molar-refractivity contribution in [2.45, 2.75) is 26.8 Å². The number of carbonyl (C=O) groups excluding carboxylic acids is 1. The van der Waals surface area contributed by atoms with Gasteiger partial charge in [-0.2, -0.15) is 4.99 Å². The van der Waals surface area contributed by atoms with Gasteiger partial charge in [-0.15, -0.1) is 0 Å². The molecule has 0 N–H and O–H groups in total. The number of carbonyl (C=O) groups is 1. The molecule has 0 fully saturated rings. The van der Waals surface area contributed by atoms with Gasteiger partial charge in [-0.05, 0) is 19.1 Å². The van der Waals surface area contributed by atoms with Crippen molar-refractivity contribution in [1.82, 2.24) is 4.57 Å². The summed E-state index contributed by atoms with van der Waals surface area (Å²) in [5.41, 5.74) is 1.11. The maximum Gasteiger partial charge on any atom is 0.248 e. The van der Waals surface area contributed by atoms with E-state index in [1.165, 1.54) is 0 Å². The Hall–Kier alpha value is -1.46. The lowest BCUT2D eigenvalue weighted by Crippen LogP contribution is -2.19. The molecule has 5 heteroatoms. The molecule has 0 aliphatic heterocycles. The summed E-state index contributed by atoms with van der Waals surface area (Å²) in [6.07, 6.45) is 0.430. The third-order valence-corrected chi connectivity index (χ3v) is 3.83. The first-order valence-corrected chi connectivity index (χ1v) is 7.31. The number of hydrogen-bond acceptors (Lipinski definition) is 3. The molecule has 0 bridgehead atoms. The lowest BCUT2D eigenvalue weighted by atomic mass is 10.3. The molecule has 1 heterocycles. The van der Waals surface area contributed by atoms with E-state index in [2.05, 4.69) is 9.56 Å². The Morgan fingerprint density at radius 3 is 2.89 bits per heavy atom. The van der Waals surface area contributed by atoms with Crippen LogP contribution in [-0.4, -0.2) is 23.7 Å². The summed E-state index contributed by atoms with van der Waals surface area (Å²) >= 11 is 1.55. The number of ether oxygens (including phenoxy) is 1. The number of benzene rings is 1. The molecule has 4 nitrogen and oxygen atoms in total. The molecule has 2 rings (SSSR count). The van der Waals surface area contributed by atoms with Crippen molar-refractivity contribution in [3.8, 4) is 0 Å². The topological polar surface area (TPSA) is 43.6 Å². The van der Waals surface area contributed by atoms with Gasteiger partial charge >= 0.3 is 0 Å². The highest BCUT2D eigenvalue weighted by Crippen LogP contribution is 2.16. The Morgan fingerprint density at radius 2 is 2.16 bits per heavy atom. The second-order valence-corrected chi connectivity index (χ2v) is 5.07. The molecule has 1 aromatic heterocycles. The van der Waals surface area contributed by atoms with Crippen molar-refractivity contribution in [1.29, 1.82) is 0 Å². The van der Waals surface area contributed by atoms with Crippen molar-refractivity contribution < 1.29 is 9.53 Å². The van der Waals surface area contributed by atoms with Gasteiger partial charge in [0.15, 0.2) is 4.80 Å². The number of aromatic nitrogens is 1. The van der Waals surface area contributed by atoms with Gasteiger partial charge < -0.3 is 9.30 Å². The molecule has 1 amide bonds. The zero-order chi connectivity index (χ0) is 13.7. The number of thiazole rings is 1. The van der Waals surface area contributed by atoms with Gasteiger partial charge in [-0.25, -0.2) is 0 Å². The minimum absolute atomic E-state index is 0.0864. The molecule has 0 unspecified atom stereocenters. The number of nitrogens with zero attached hydrogens (tertiary/aromatic N) is 2. The Morgan fingerprint density at radius 1 is 1.37 bits per heavy atom. The highest BCUT2D eigenvalue weighted by atomic mass is 32.1. The lowest BCUT2D eigenvalue weighted by Gasteiger charge is -2.04. The highest BCUT2D eigenvalue weighted by molar-refractivity contribution is 7.16. The van der Waals surface area contributed by atoms with Crippen LogP contribution >= 0.6 is 11.3 Å². The van der Waals surface area contributed by atoms with Crippen LogP contribution in [-0.2, 0) is 16.1 Å². The van der Waals surface area contributed by atoms with Crippen molar-refractivity contribution in [3.63, 3.8) is 0 Å². The van der Waals surface area contributed by atoms with Crippen LogP contribution in [0.2, 0.25) is 0 Å². The molecule has 0 aliphatic rings. The SMILES string of the molecule is CCOCCn1c(=NC(=O)CC)sc2ccccc21. The Kier molecular flexibility index (Phi) is 4.87. The fraction of sp³-hybridized carbons (Fsp3) is 0.429. The summed E-state index contributed by atoms with van der Waals surface area (Å²) in [5, 5.41) is 0. The minimum Gasteiger partial charge on any atom is -0.380 e. The number of amides is 1. The van der Waals surface area contributed by atoms with Gasteiger partial charge in [0.2, 0.25) is 5.91 Å². The maximum absolute atomic E-state index is 11.5. The third-order valence-electron chi connectivity index (χ3n) is 2.77. The fourth-order valence-electron chi connectivity index (χ4n) is 1.81. The molecule has 0 saturated carbocycles. The Balaban J connectivity index is 2.46. The smallest absolute Gasteiger partial charge is 0.248 e. The first-order valence-electron chi connectivity index (χ1n) is 6.50. The molecular formula is C14H18N2O2S. The average molecular weight is 278 g/mol. The molecule has 2 aromatic rings. The second kappa shape index (κ2) is 6.63. The molecular weight excluding hydrogens is 260 g/mol. The van der Waals surface area contributed by atoms with Gasteiger partial charge in [0, 0.05) is 19.6 Å².